The Kier molecular flexibility index (Phi) is 3.53. The van der Waals surface area contributed by atoms with E-state index in [1.54, 1.807) is 0 Å². The molecule has 6 heteroatoms. The van der Waals surface area contributed by atoms with Crippen LogP contribution in [-0.4, -0.2) is 30.1 Å². The lowest BCUT2D eigenvalue weighted by atomic mass is 10.2. The molecule has 3 N–H and O–H groups in total. The number of halogens is 1. The van der Waals surface area contributed by atoms with Crippen LogP contribution in [0.4, 0.5) is 10.2 Å². The molecule has 92 valence electrons. The molecule has 5 nitrogen and oxygen atoms in total. The maximum Gasteiger partial charge on any atom is 0.255 e. The standard InChI is InChI=1S/C11H14FN3O2/c12-7-4-9(10(13)14-5-7)11(16)15-6-8-2-1-3-17-8/h4-5,8H,1-3,6H2,(H2,13,14)(H,15,16). The van der Waals surface area contributed by atoms with Crippen molar-refractivity contribution >= 4 is 11.7 Å². The van der Waals surface area contributed by atoms with Crippen LogP contribution in [0.3, 0.4) is 0 Å². The van der Waals surface area contributed by atoms with Gasteiger partial charge < -0.3 is 15.8 Å². The number of anilines is 1. The number of nitrogens with one attached hydrogen (secondary N) is 1. The van der Waals surface area contributed by atoms with Crippen LogP contribution < -0.4 is 11.1 Å². The predicted molar refractivity (Wildman–Crippen MR) is 59.9 cm³/mol. The first-order valence-electron chi connectivity index (χ1n) is 5.47. The van der Waals surface area contributed by atoms with Crippen LogP contribution >= 0.6 is 0 Å². The lowest BCUT2D eigenvalue weighted by molar-refractivity contribution is 0.0858. The predicted octanol–water partition coefficient (Wildman–Crippen LogP) is 0.712. The van der Waals surface area contributed by atoms with Crippen LogP contribution in [0.2, 0.25) is 0 Å². The van der Waals surface area contributed by atoms with Gasteiger partial charge in [-0.25, -0.2) is 9.37 Å². The van der Waals surface area contributed by atoms with Gasteiger partial charge in [0.25, 0.3) is 5.91 Å². The molecular weight excluding hydrogens is 225 g/mol. The van der Waals surface area contributed by atoms with Crippen molar-refractivity contribution in [3.63, 3.8) is 0 Å². The highest BCUT2D eigenvalue weighted by Crippen LogP contribution is 2.12. The number of hydrogen-bond acceptors (Lipinski definition) is 4. The summed E-state index contributed by atoms with van der Waals surface area (Å²) in [4.78, 5) is 15.3. The SMILES string of the molecule is Nc1ncc(F)cc1C(=O)NCC1CCCO1. The van der Waals surface area contributed by atoms with E-state index in [-0.39, 0.29) is 17.5 Å². The lowest BCUT2D eigenvalue weighted by Gasteiger charge is -2.11. The number of nitrogens with two attached hydrogens (primary N) is 1. The molecule has 17 heavy (non-hydrogen) atoms. The zero-order valence-electron chi connectivity index (χ0n) is 9.28. The summed E-state index contributed by atoms with van der Waals surface area (Å²) in [5, 5.41) is 2.66. The molecule has 0 spiro atoms. The van der Waals surface area contributed by atoms with E-state index < -0.39 is 11.7 Å². The van der Waals surface area contributed by atoms with E-state index in [1.165, 1.54) is 0 Å². The number of pyridine rings is 1. The van der Waals surface area contributed by atoms with Gasteiger partial charge in [-0.15, -0.1) is 0 Å². The highest BCUT2D eigenvalue weighted by atomic mass is 19.1. The molecule has 2 rings (SSSR count). The van der Waals surface area contributed by atoms with Gasteiger partial charge in [0.15, 0.2) is 0 Å². The van der Waals surface area contributed by atoms with Gasteiger partial charge in [0.1, 0.15) is 11.6 Å². The van der Waals surface area contributed by atoms with Crippen LogP contribution in [-0.2, 0) is 4.74 Å². The Bertz CT molecular complexity index is 419. The number of nitrogens with zero attached hydrogens (tertiary/aromatic N) is 1. The highest BCUT2D eigenvalue weighted by Gasteiger charge is 2.18. The summed E-state index contributed by atoms with van der Waals surface area (Å²) in [5.74, 6) is -0.984. The average molecular weight is 239 g/mol. The molecule has 0 saturated carbocycles. The quantitative estimate of drug-likeness (QED) is 0.814. The molecule has 2 heterocycles. The zero-order valence-corrected chi connectivity index (χ0v) is 9.28. The molecule has 0 bridgehead atoms. The van der Waals surface area contributed by atoms with Crippen LogP contribution in [0.15, 0.2) is 12.3 Å². The first kappa shape index (κ1) is 11.8. The summed E-state index contributed by atoms with van der Waals surface area (Å²) >= 11 is 0. The normalized spacial score (nSPS) is 19.2. The Morgan fingerprint density at radius 1 is 1.71 bits per heavy atom. The van der Waals surface area contributed by atoms with Crippen LogP contribution in [0.1, 0.15) is 23.2 Å². The largest absolute Gasteiger partial charge is 0.383 e. The minimum atomic E-state index is -0.582. The lowest BCUT2D eigenvalue weighted by Crippen LogP contribution is -2.32. The second-order valence-corrected chi connectivity index (χ2v) is 3.93. The molecule has 1 saturated heterocycles. The zero-order chi connectivity index (χ0) is 12.3. The van der Waals surface area contributed by atoms with E-state index in [1.807, 2.05) is 0 Å². The van der Waals surface area contributed by atoms with Crippen molar-refractivity contribution in [2.75, 3.05) is 18.9 Å². The van der Waals surface area contributed by atoms with E-state index in [9.17, 15) is 9.18 Å². The first-order chi connectivity index (χ1) is 8.16. The smallest absolute Gasteiger partial charge is 0.255 e. The van der Waals surface area contributed by atoms with Gasteiger partial charge in [0, 0.05) is 13.2 Å². The number of hydrogen-bond donors (Lipinski definition) is 2. The summed E-state index contributed by atoms with van der Waals surface area (Å²) in [6.07, 6.45) is 2.95. The summed E-state index contributed by atoms with van der Waals surface area (Å²) < 4.78 is 18.3. The molecule has 0 radical (unpaired) electrons. The maximum atomic E-state index is 12.9. The Balaban J connectivity index is 1.96. The number of rotatable bonds is 3. The van der Waals surface area contributed by atoms with Gasteiger partial charge in [-0.3, -0.25) is 4.79 Å². The van der Waals surface area contributed by atoms with Gasteiger partial charge in [-0.2, -0.15) is 0 Å². The molecule has 1 aromatic heterocycles. The fourth-order valence-electron chi connectivity index (χ4n) is 1.74. The van der Waals surface area contributed by atoms with E-state index >= 15 is 0 Å². The summed E-state index contributed by atoms with van der Waals surface area (Å²) in [5.41, 5.74) is 5.56. The van der Waals surface area contributed by atoms with Crippen molar-refractivity contribution in [3.05, 3.63) is 23.6 Å². The minimum absolute atomic E-state index is 0.0243. The first-order valence-corrected chi connectivity index (χ1v) is 5.47. The van der Waals surface area contributed by atoms with Gasteiger partial charge in [0.2, 0.25) is 0 Å². The van der Waals surface area contributed by atoms with Crippen molar-refractivity contribution in [1.82, 2.24) is 10.3 Å². The van der Waals surface area contributed by atoms with E-state index in [2.05, 4.69) is 10.3 Å². The Morgan fingerprint density at radius 3 is 3.24 bits per heavy atom. The van der Waals surface area contributed by atoms with E-state index in [0.29, 0.717) is 6.54 Å². The summed E-state index contributed by atoms with van der Waals surface area (Å²) in [6.45, 7) is 1.14. The van der Waals surface area contributed by atoms with Crippen molar-refractivity contribution in [3.8, 4) is 0 Å². The molecule has 1 aromatic rings. The number of aromatic nitrogens is 1. The van der Waals surface area contributed by atoms with Crippen LogP contribution in [0, 0.1) is 5.82 Å². The van der Waals surface area contributed by atoms with Gasteiger partial charge in [-0.05, 0) is 18.9 Å². The Hall–Kier alpha value is -1.69. The minimum Gasteiger partial charge on any atom is -0.383 e. The van der Waals surface area contributed by atoms with Crippen molar-refractivity contribution in [2.24, 2.45) is 0 Å². The molecule has 0 aliphatic carbocycles. The van der Waals surface area contributed by atoms with Crippen molar-refractivity contribution in [2.45, 2.75) is 18.9 Å². The molecule has 0 aromatic carbocycles. The monoisotopic (exact) mass is 239 g/mol. The number of amides is 1. The number of nitrogen functional groups attached to an aromatic ring is 1. The average Bonchev–Trinajstić information content (AvgIpc) is 2.82. The Morgan fingerprint density at radius 2 is 2.53 bits per heavy atom. The fraction of sp³-hybridized carbons (Fsp3) is 0.455. The van der Waals surface area contributed by atoms with Gasteiger partial charge in [0.05, 0.1) is 17.9 Å². The van der Waals surface area contributed by atoms with E-state index in [4.69, 9.17) is 10.5 Å². The highest BCUT2D eigenvalue weighted by molar-refractivity contribution is 5.98. The number of carbonyl (C=O) groups is 1. The molecule has 1 unspecified atom stereocenters. The molecule has 1 aliphatic rings. The second-order valence-electron chi connectivity index (χ2n) is 3.93. The third kappa shape index (κ3) is 2.91. The molecule has 1 atom stereocenters. The third-order valence-electron chi connectivity index (χ3n) is 2.64. The number of ether oxygens (including phenoxy) is 1. The van der Waals surface area contributed by atoms with Crippen LogP contribution in [0.25, 0.3) is 0 Å². The Labute approximate surface area is 98.2 Å². The topological polar surface area (TPSA) is 77.2 Å². The molecule has 1 amide bonds. The van der Waals surface area contributed by atoms with Crippen LogP contribution in [0.5, 0.6) is 0 Å². The summed E-state index contributed by atoms with van der Waals surface area (Å²) in [7, 11) is 0. The summed E-state index contributed by atoms with van der Waals surface area (Å²) in [6, 6.07) is 1.08. The molecule has 1 fully saturated rings. The third-order valence-corrected chi connectivity index (χ3v) is 2.64. The molecular formula is C11H14FN3O2. The molecule has 1 aliphatic heterocycles. The van der Waals surface area contributed by atoms with Gasteiger partial charge in [-0.1, -0.05) is 0 Å². The van der Waals surface area contributed by atoms with E-state index in [0.717, 1.165) is 31.7 Å². The van der Waals surface area contributed by atoms with Crippen molar-refractivity contribution < 1.29 is 13.9 Å². The fourth-order valence-corrected chi connectivity index (χ4v) is 1.74. The maximum absolute atomic E-state index is 12.9. The second kappa shape index (κ2) is 5.09. The van der Waals surface area contributed by atoms with Crippen molar-refractivity contribution in [1.29, 1.82) is 0 Å². The van der Waals surface area contributed by atoms with Gasteiger partial charge >= 0.3 is 0 Å². The number of carbonyl (C=O) groups excluding carboxylic acids is 1.